The van der Waals surface area contributed by atoms with E-state index in [1.165, 1.54) is 10.9 Å². The third-order valence-corrected chi connectivity index (χ3v) is 3.37. The number of unbranched alkanes of at least 4 members (excludes halogenated alkanes) is 1. The standard InChI is InChI=1S/C18H24N2O/c1-3-5-8-12-21-18-17-10-7-6-9-16(17)15(14-20-18)13-19-11-4-2/h3,6-7,9-10,14,19H,1,4-5,8,11-13H2,2H3. The number of nitrogens with zero attached hydrogens (tertiary/aromatic N) is 1. The quantitative estimate of drug-likeness (QED) is 0.556. The second kappa shape index (κ2) is 8.42. The number of pyridine rings is 1. The molecular formula is C18H24N2O. The van der Waals surface area contributed by atoms with Crippen molar-refractivity contribution in [2.24, 2.45) is 0 Å². The first-order chi connectivity index (χ1) is 10.4. The Morgan fingerprint density at radius 1 is 1.29 bits per heavy atom. The Morgan fingerprint density at radius 3 is 2.86 bits per heavy atom. The first kappa shape index (κ1) is 15.5. The molecule has 1 N–H and O–H groups in total. The summed E-state index contributed by atoms with van der Waals surface area (Å²) in [6.07, 6.45) is 6.91. The van der Waals surface area contributed by atoms with Crippen LogP contribution >= 0.6 is 0 Å². The SMILES string of the molecule is C=CCCCOc1ncc(CNCCC)c2ccccc12. The van der Waals surface area contributed by atoms with Gasteiger partial charge in [-0.2, -0.15) is 0 Å². The topological polar surface area (TPSA) is 34.1 Å². The van der Waals surface area contributed by atoms with Gasteiger partial charge in [0.15, 0.2) is 0 Å². The Morgan fingerprint density at radius 2 is 2.10 bits per heavy atom. The summed E-state index contributed by atoms with van der Waals surface area (Å²) < 4.78 is 5.82. The van der Waals surface area contributed by atoms with E-state index in [0.717, 1.165) is 43.6 Å². The van der Waals surface area contributed by atoms with E-state index in [2.05, 4.69) is 42.0 Å². The zero-order chi connectivity index (χ0) is 14.9. The smallest absolute Gasteiger partial charge is 0.221 e. The minimum absolute atomic E-state index is 0.677. The van der Waals surface area contributed by atoms with Crippen molar-refractivity contribution in [1.82, 2.24) is 10.3 Å². The molecule has 112 valence electrons. The number of hydrogen-bond donors (Lipinski definition) is 1. The number of rotatable bonds is 9. The lowest BCUT2D eigenvalue weighted by Crippen LogP contribution is -2.14. The van der Waals surface area contributed by atoms with Crippen LogP contribution in [0.3, 0.4) is 0 Å². The molecule has 0 atom stereocenters. The summed E-state index contributed by atoms with van der Waals surface area (Å²) in [7, 11) is 0. The van der Waals surface area contributed by atoms with E-state index in [0.29, 0.717) is 6.61 Å². The molecule has 0 saturated carbocycles. The van der Waals surface area contributed by atoms with E-state index in [4.69, 9.17) is 4.74 Å². The lowest BCUT2D eigenvalue weighted by atomic mass is 10.1. The van der Waals surface area contributed by atoms with Crippen molar-refractivity contribution in [1.29, 1.82) is 0 Å². The summed E-state index contributed by atoms with van der Waals surface area (Å²) in [6.45, 7) is 8.44. The maximum absolute atomic E-state index is 5.82. The molecule has 1 aromatic carbocycles. The van der Waals surface area contributed by atoms with Gasteiger partial charge in [-0.3, -0.25) is 0 Å². The zero-order valence-electron chi connectivity index (χ0n) is 12.8. The highest BCUT2D eigenvalue weighted by Crippen LogP contribution is 2.26. The third-order valence-electron chi connectivity index (χ3n) is 3.37. The lowest BCUT2D eigenvalue weighted by Gasteiger charge is -2.11. The average molecular weight is 284 g/mol. The van der Waals surface area contributed by atoms with Gasteiger partial charge in [0.25, 0.3) is 0 Å². The summed E-state index contributed by atoms with van der Waals surface area (Å²) in [5.41, 5.74) is 1.22. The van der Waals surface area contributed by atoms with Crippen LogP contribution < -0.4 is 10.1 Å². The number of aromatic nitrogens is 1. The van der Waals surface area contributed by atoms with E-state index in [1.54, 1.807) is 0 Å². The van der Waals surface area contributed by atoms with Gasteiger partial charge in [0.05, 0.1) is 6.61 Å². The van der Waals surface area contributed by atoms with Crippen molar-refractivity contribution < 1.29 is 4.74 Å². The largest absolute Gasteiger partial charge is 0.477 e. The Hall–Kier alpha value is -1.87. The van der Waals surface area contributed by atoms with Gasteiger partial charge in [0.1, 0.15) is 0 Å². The number of benzene rings is 1. The van der Waals surface area contributed by atoms with E-state index >= 15 is 0 Å². The van der Waals surface area contributed by atoms with Crippen molar-refractivity contribution in [2.45, 2.75) is 32.7 Å². The first-order valence-corrected chi connectivity index (χ1v) is 7.67. The van der Waals surface area contributed by atoms with Crippen LogP contribution in [0.1, 0.15) is 31.7 Å². The van der Waals surface area contributed by atoms with E-state index in [9.17, 15) is 0 Å². The van der Waals surface area contributed by atoms with Gasteiger partial charge >= 0.3 is 0 Å². The molecule has 3 nitrogen and oxygen atoms in total. The fourth-order valence-electron chi connectivity index (χ4n) is 2.28. The molecule has 0 aliphatic carbocycles. The Labute approximate surface area is 127 Å². The number of allylic oxidation sites excluding steroid dienone is 1. The van der Waals surface area contributed by atoms with Crippen LogP contribution in [0.5, 0.6) is 5.88 Å². The van der Waals surface area contributed by atoms with Crippen molar-refractivity contribution in [3.63, 3.8) is 0 Å². The molecule has 0 spiro atoms. The summed E-state index contributed by atoms with van der Waals surface area (Å²) in [6, 6.07) is 8.31. The molecule has 2 rings (SSSR count). The van der Waals surface area contributed by atoms with Gasteiger partial charge in [0.2, 0.25) is 5.88 Å². The van der Waals surface area contributed by atoms with Gasteiger partial charge in [-0.15, -0.1) is 6.58 Å². The molecule has 3 heteroatoms. The predicted molar refractivity (Wildman–Crippen MR) is 88.7 cm³/mol. The van der Waals surface area contributed by atoms with E-state index in [-0.39, 0.29) is 0 Å². The van der Waals surface area contributed by atoms with E-state index in [1.807, 2.05) is 18.3 Å². The highest BCUT2D eigenvalue weighted by molar-refractivity contribution is 5.89. The fourth-order valence-corrected chi connectivity index (χ4v) is 2.28. The van der Waals surface area contributed by atoms with Crippen molar-refractivity contribution >= 4 is 10.8 Å². The lowest BCUT2D eigenvalue weighted by molar-refractivity contribution is 0.304. The van der Waals surface area contributed by atoms with Crippen molar-refractivity contribution in [2.75, 3.05) is 13.2 Å². The highest BCUT2D eigenvalue weighted by atomic mass is 16.5. The van der Waals surface area contributed by atoms with Crippen molar-refractivity contribution in [3.05, 3.63) is 48.7 Å². The van der Waals surface area contributed by atoms with Crippen LogP contribution in [0.15, 0.2) is 43.1 Å². The molecular weight excluding hydrogens is 260 g/mol. The van der Waals surface area contributed by atoms with Crippen LogP contribution in [0.25, 0.3) is 10.8 Å². The Kier molecular flexibility index (Phi) is 6.22. The van der Waals surface area contributed by atoms with Gasteiger partial charge in [0, 0.05) is 18.1 Å². The van der Waals surface area contributed by atoms with Crippen molar-refractivity contribution in [3.8, 4) is 5.88 Å². The molecule has 21 heavy (non-hydrogen) atoms. The monoisotopic (exact) mass is 284 g/mol. The molecule has 0 amide bonds. The minimum Gasteiger partial charge on any atom is -0.477 e. The van der Waals surface area contributed by atoms with E-state index < -0.39 is 0 Å². The third kappa shape index (κ3) is 4.30. The molecule has 0 saturated heterocycles. The summed E-state index contributed by atoms with van der Waals surface area (Å²) in [4.78, 5) is 4.50. The molecule has 0 aliphatic rings. The highest BCUT2D eigenvalue weighted by Gasteiger charge is 2.07. The maximum Gasteiger partial charge on any atom is 0.221 e. The van der Waals surface area contributed by atoms with Crippen LogP contribution in [0.4, 0.5) is 0 Å². The fraction of sp³-hybridized carbons (Fsp3) is 0.389. The Balaban J connectivity index is 2.16. The predicted octanol–water partition coefficient (Wildman–Crippen LogP) is 4.08. The number of ether oxygens (including phenoxy) is 1. The average Bonchev–Trinajstić information content (AvgIpc) is 2.53. The summed E-state index contributed by atoms with van der Waals surface area (Å²) >= 11 is 0. The second-order valence-corrected chi connectivity index (χ2v) is 5.09. The minimum atomic E-state index is 0.677. The molecule has 0 fully saturated rings. The van der Waals surface area contributed by atoms with Crippen LogP contribution in [0, 0.1) is 0 Å². The molecule has 1 aromatic heterocycles. The number of hydrogen-bond acceptors (Lipinski definition) is 3. The van der Waals surface area contributed by atoms with Crippen LogP contribution in [-0.4, -0.2) is 18.1 Å². The van der Waals surface area contributed by atoms with Gasteiger partial charge in [-0.1, -0.05) is 31.2 Å². The number of nitrogens with one attached hydrogen (secondary N) is 1. The molecule has 0 radical (unpaired) electrons. The van der Waals surface area contributed by atoms with Gasteiger partial charge in [-0.05, 0) is 42.8 Å². The zero-order valence-corrected chi connectivity index (χ0v) is 12.8. The molecule has 0 bridgehead atoms. The molecule has 1 heterocycles. The molecule has 0 unspecified atom stereocenters. The molecule has 2 aromatic rings. The Bertz CT molecular complexity index is 580. The van der Waals surface area contributed by atoms with Crippen LogP contribution in [-0.2, 0) is 6.54 Å². The first-order valence-electron chi connectivity index (χ1n) is 7.67. The maximum atomic E-state index is 5.82. The summed E-state index contributed by atoms with van der Waals surface area (Å²) in [5.74, 6) is 0.730. The second-order valence-electron chi connectivity index (χ2n) is 5.09. The molecule has 0 aliphatic heterocycles. The van der Waals surface area contributed by atoms with Gasteiger partial charge < -0.3 is 10.1 Å². The number of fused-ring (bicyclic) bond motifs is 1. The summed E-state index contributed by atoms with van der Waals surface area (Å²) in [5, 5.41) is 5.74. The van der Waals surface area contributed by atoms with Gasteiger partial charge in [-0.25, -0.2) is 4.98 Å². The normalized spacial score (nSPS) is 10.7. The van der Waals surface area contributed by atoms with Crippen LogP contribution in [0.2, 0.25) is 0 Å².